The van der Waals surface area contributed by atoms with E-state index in [1.807, 2.05) is 13.0 Å². The topological polar surface area (TPSA) is 99.0 Å². The van der Waals surface area contributed by atoms with Crippen molar-refractivity contribution in [3.05, 3.63) is 90.0 Å². The SMILES string of the molecule is Cc1ccn(-c2ccc(Oc3ccc(NS(=O)(=O)Cc4ccccc4F)cc3)nn2)n1. The van der Waals surface area contributed by atoms with Gasteiger partial charge in [-0.1, -0.05) is 18.2 Å². The van der Waals surface area contributed by atoms with Crippen LogP contribution in [0, 0.1) is 12.7 Å². The Balaban J connectivity index is 1.39. The van der Waals surface area contributed by atoms with Crippen LogP contribution >= 0.6 is 0 Å². The van der Waals surface area contributed by atoms with E-state index in [0.29, 0.717) is 17.3 Å². The number of halogens is 1. The third-order valence-electron chi connectivity index (χ3n) is 4.24. The van der Waals surface area contributed by atoms with Crippen molar-refractivity contribution in [3.8, 4) is 17.4 Å². The Morgan fingerprint density at radius 2 is 1.77 bits per heavy atom. The number of nitrogens with zero attached hydrogens (tertiary/aromatic N) is 4. The second kappa shape index (κ2) is 8.52. The van der Waals surface area contributed by atoms with Gasteiger partial charge in [0.2, 0.25) is 15.9 Å². The smallest absolute Gasteiger partial charge is 0.238 e. The third kappa shape index (κ3) is 5.23. The van der Waals surface area contributed by atoms with Crippen molar-refractivity contribution in [2.45, 2.75) is 12.7 Å². The molecular formula is C21H18FN5O3S. The van der Waals surface area contributed by atoms with Gasteiger partial charge in [-0.05, 0) is 49.4 Å². The standard InChI is InChI=1S/C21H18FN5O3S/c1-15-12-13-27(25-15)20-10-11-21(24-23-20)30-18-8-6-17(7-9-18)26-31(28,29)14-16-4-2-3-5-19(16)22/h2-13,26H,14H2,1H3. The summed E-state index contributed by atoms with van der Waals surface area (Å²) in [6.45, 7) is 1.88. The van der Waals surface area contributed by atoms with Crippen LogP contribution in [0.3, 0.4) is 0 Å². The van der Waals surface area contributed by atoms with Gasteiger partial charge < -0.3 is 4.74 Å². The number of hydrogen-bond acceptors (Lipinski definition) is 6. The van der Waals surface area contributed by atoms with Gasteiger partial charge in [-0.15, -0.1) is 10.2 Å². The van der Waals surface area contributed by atoms with E-state index < -0.39 is 21.6 Å². The molecule has 2 aromatic heterocycles. The number of aryl methyl sites for hydroxylation is 1. The summed E-state index contributed by atoms with van der Waals surface area (Å²) in [5.41, 5.74) is 1.30. The molecule has 10 heteroatoms. The van der Waals surface area contributed by atoms with Gasteiger partial charge in [0.1, 0.15) is 11.6 Å². The number of ether oxygens (including phenoxy) is 1. The molecule has 31 heavy (non-hydrogen) atoms. The molecule has 0 unspecified atom stereocenters. The van der Waals surface area contributed by atoms with Crippen LogP contribution in [0.5, 0.6) is 11.6 Å². The Hall–Kier alpha value is -3.79. The van der Waals surface area contributed by atoms with Gasteiger partial charge >= 0.3 is 0 Å². The lowest BCUT2D eigenvalue weighted by Gasteiger charge is -2.10. The number of nitrogens with one attached hydrogen (secondary N) is 1. The van der Waals surface area contributed by atoms with Gasteiger partial charge in [0.15, 0.2) is 5.82 Å². The second-order valence-corrected chi connectivity index (χ2v) is 8.43. The fourth-order valence-corrected chi connectivity index (χ4v) is 3.99. The van der Waals surface area contributed by atoms with Crippen molar-refractivity contribution in [2.24, 2.45) is 0 Å². The van der Waals surface area contributed by atoms with Gasteiger partial charge in [0.25, 0.3) is 0 Å². The average molecular weight is 439 g/mol. The number of hydrogen-bond donors (Lipinski definition) is 1. The van der Waals surface area contributed by atoms with Gasteiger partial charge in [-0.25, -0.2) is 17.5 Å². The van der Waals surface area contributed by atoms with Crippen LogP contribution in [0.25, 0.3) is 5.82 Å². The van der Waals surface area contributed by atoms with Crippen LogP contribution in [0.2, 0.25) is 0 Å². The Morgan fingerprint density at radius 3 is 2.42 bits per heavy atom. The molecule has 0 bridgehead atoms. The molecule has 1 N–H and O–H groups in total. The van der Waals surface area contributed by atoms with Crippen LogP contribution < -0.4 is 9.46 Å². The molecule has 0 saturated heterocycles. The molecule has 158 valence electrons. The summed E-state index contributed by atoms with van der Waals surface area (Å²) in [5, 5.41) is 12.4. The molecule has 2 aromatic carbocycles. The summed E-state index contributed by atoms with van der Waals surface area (Å²) in [6.07, 6.45) is 1.78. The quantitative estimate of drug-likeness (QED) is 0.470. The molecule has 0 amide bonds. The summed E-state index contributed by atoms with van der Waals surface area (Å²) >= 11 is 0. The molecule has 0 aliphatic rings. The third-order valence-corrected chi connectivity index (χ3v) is 5.47. The fraction of sp³-hybridized carbons (Fsp3) is 0.0952. The monoisotopic (exact) mass is 439 g/mol. The predicted molar refractivity (Wildman–Crippen MR) is 113 cm³/mol. The molecule has 4 aromatic rings. The van der Waals surface area contributed by atoms with E-state index in [9.17, 15) is 12.8 Å². The van der Waals surface area contributed by atoms with Gasteiger partial charge in [0, 0.05) is 23.5 Å². The number of rotatable bonds is 7. The molecule has 0 spiro atoms. The van der Waals surface area contributed by atoms with Crippen molar-refractivity contribution < 1.29 is 17.5 Å². The number of anilines is 1. The van der Waals surface area contributed by atoms with Gasteiger partial charge in [-0.2, -0.15) is 5.10 Å². The first-order valence-electron chi connectivity index (χ1n) is 9.26. The van der Waals surface area contributed by atoms with E-state index in [0.717, 1.165) is 5.69 Å². The van der Waals surface area contributed by atoms with Crippen LogP contribution in [0.4, 0.5) is 10.1 Å². The summed E-state index contributed by atoms with van der Waals surface area (Å²) in [5.74, 6) is 0.261. The predicted octanol–water partition coefficient (Wildman–Crippen LogP) is 3.84. The van der Waals surface area contributed by atoms with E-state index in [2.05, 4.69) is 20.0 Å². The Labute approximate surface area is 178 Å². The maximum Gasteiger partial charge on any atom is 0.238 e. The number of aromatic nitrogens is 4. The first-order valence-corrected chi connectivity index (χ1v) is 10.9. The lowest BCUT2D eigenvalue weighted by atomic mass is 10.2. The second-order valence-electron chi connectivity index (χ2n) is 6.71. The highest BCUT2D eigenvalue weighted by molar-refractivity contribution is 7.91. The minimum absolute atomic E-state index is 0.0993. The van der Waals surface area contributed by atoms with Crippen molar-refractivity contribution in [2.75, 3.05) is 4.72 Å². The molecule has 2 heterocycles. The first kappa shape index (κ1) is 20.5. The zero-order valence-electron chi connectivity index (χ0n) is 16.4. The fourth-order valence-electron chi connectivity index (χ4n) is 2.78. The Morgan fingerprint density at radius 1 is 1.00 bits per heavy atom. The van der Waals surface area contributed by atoms with Crippen molar-refractivity contribution in [3.63, 3.8) is 0 Å². The molecular weight excluding hydrogens is 421 g/mol. The highest BCUT2D eigenvalue weighted by Crippen LogP contribution is 2.22. The van der Waals surface area contributed by atoms with E-state index in [1.54, 1.807) is 53.3 Å². The summed E-state index contributed by atoms with van der Waals surface area (Å²) in [6, 6.07) is 17.3. The van der Waals surface area contributed by atoms with E-state index in [4.69, 9.17) is 4.74 Å². The van der Waals surface area contributed by atoms with Crippen molar-refractivity contribution >= 4 is 15.7 Å². The molecule has 4 rings (SSSR count). The molecule has 0 atom stereocenters. The molecule has 0 aliphatic carbocycles. The molecule has 0 aliphatic heterocycles. The Bertz CT molecular complexity index is 1290. The van der Waals surface area contributed by atoms with Crippen molar-refractivity contribution in [1.29, 1.82) is 0 Å². The summed E-state index contributed by atoms with van der Waals surface area (Å²) in [7, 11) is -3.77. The lowest BCUT2D eigenvalue weighted by Crippen LogP contribution is -2.15. The molecule has 0 fully saturated rings. The summed E-state index contributed by atoms with van der Waals surface area (Å²) in [4.78, 5) is 0. The van der Waals surface area contributed by atoms with Crippen LogP contribution in [-0.2, 0) is 15.8 Å². The normalized spacial score (nSPS) is 11.3. The molecule has 0 radical (unpaired) electrons. The number of benzene rings is 2. The van der Waals surface area contributed by atoms with E-state index >= 15 is 0 Å². The minimum Gasteiger partial charge on any atom is -0.438 e. The summed E-state index contributed by atoms with van der Waals surface area (Å²) < 4.78 is 48.0. The minimum atomic E-state index is -3.77. The number of sulfonamides is 1. The van der Waals surface area contributed by atoms with Gasteiger partial charge in [-0.3, -0.25) is 4.72 Å². The highest BCUT2D eigenvalue weighted by atomic mass is 32.2. The van der Waals surface area contributed by atoms with Crippen LogP contribution in [0.15, 0.2) is 72.9 Å². The Kier molecular flexibility index (Phi) is 5.63. The van der Waals surface area contributed by atoms with Crippen LogP contribution in [0.1, 0.15) is 11.3 Å². The lowest BCUT2D eigenvalue weighted by molar-refractivity contribution is 0.454. The van der Waals surface area contributed by atoms with E-state index in [1.165, 1.54) is 18.2 Å². The maximum absolute atomic E-state index is 13.7. The van der Waals surface area contributed by atoms with Crippen LogP contribution in [-0.4, -0.2) is 28.4 Å². The van der Waals surface area contributed by atoms with E-state index in [-0.39, 0.29) is 11.4 Å². The largest absolute Gasteiger partial charge is 0.438 e. The molecule has 0 saturated carbocycles. The van der Waals surface area contributed by atoms with Gasteiger partial charge in [0.05, 0.1) is 11.4 Å². The molecule has 8 nitrogen and oxygen atoms in total. The zero-order valence-corrected chi connectivity index (χ0v) is 17.3. The van der Waals surface area contributed by atoms with Crippen molar-refractivity contribution in [1.82, 2.24) is 20.0 Å². The average Bonchev–Trinajstić information content (AvgIpc) is 3.18. The maximum atomic E-state index is 13.7. The zero-order chi connectivity index (χ0) is 21.8. The first-order chi connectivity index (χ1) is 14.9. The highest BCUT2D eigenvalue weighted by Gasteiger charge is 2.14.